The summed E-state index contributed by atoms with van der Waals surface area (Å²) in [6, 6.07) is 6.61. The molecule has 0 aromatic carbocycles. The molecule has 30 heavy (non-hydrogen) atoms. The number of hydrogen-bond acceptors (Lipinski definition) is 10. The van der Waals surface area contributed by atoms with Gasteiger partial charge in [-0.3, -0.25) is 9.59 Å². The molecule has 1 aliphatic heterocycles. The second-order valence-electron chi connectivity index (χ2n) is 6.38. The number of carbonyl (C=O) groups excluding carboxylic acids is 2. The topological polar surface area (TPSA) is 124 Å². The van der Waals surface area contributed by atoms with E-state index in [1.54, 1.807) is 37.5 Å². The molecule has 4 heterocycles. The minimum atomic E-state index is -0.516. The highest BCUT2D eigenvalue weighted by Crippen LogP contribution is 2.33. The average Bonchev–Trinajstić information content (AvgIpc) is 3.52. The van der Waals surface area contributed by atoms with Crippen molar-refractivity contribution in [1.29, 1.82) is 0 Å². The maximum atomic E-state index is 12.7. The predicted molar refractivity (Wildman–Crippen MR) is 104 cm³/mol. The molecule has 1 aliphatic rings. The zero-order chi connectivity index (χ0) is 20.9. The number of carbonyl (C=O) groups is 2. The maximum Gasteiger partial charge on any atom is 0.316 e. The van der Waals surface area contributed by atoms with Gasteiger partial charge in [0.2, 0.25) is 5.89 Å². The van der Waals surface area contributed by atoms with Crippen molar-refractivity contribution >= 4 is 29.4 Å². The lowest BCUT2D eigenvalue weighted by atomic mass is 10.1. The number of hydrazone groups is 1. The van der Waals surface area contributed by atoms with Gasteiger partial charge in [0.25, 0.3) is 5.91 Å². The van der Waals surface area contributed by atoms with Crippen molar-refractivity contribution < 1.29 is 27.7 Å². The molecular formula is C19H18N4O6S. The number of ether oxygens (including phenoxy) is 1. The highest BCUT2D eigenvalue weighted by molar-refractivity contribution is 7.99. The Kier molecular flexibility index (Phi) is 5.98. The Bertz CT molecular complexity index is 1030. The van der Waals surface area contributed by atoms with Crippen LogP contribution in [0.4, 0.5) is 0 Å². The van der Waals surface area contributed by atoms with E-state index in [2.05, 4.69) is 15.2 Å². The van der Waals surface area contributed by atoms with Crippen molar-refractivity contribution in [2.24, 2.45) is 5.10 Å². The third-order valence-corrected chi connectivity index (χ3v) is 5.12. The molecule has 3 aromatic heterocycles. The van der Waals surface area contributed by atoms with E-state index >= 15 is 0 Å². The fraction of sp³-hybridized carbons (Fsp3) is 0.316. The van der Waals surface area contributed by atoms with Crippen LogP contribution in [-0.2, 0) is 20.1 Å². The molecule has 0 saturated carbocycles. The largest absolute Gasteiger partial charge is 0.467 e. The van der Waals surface area contributed by atoms with Gasteiger partial charge in [0, 0.05) is 13.3 Å². The Morgan fingerprint density at radius 1 is 1.27 bits per heavy atom. The summed E-state index contributed by atoms with van der Waals surface area (Å²) >= 11 is 1.27. The Morgan fingerprint density at radius 3 is 2.80 bits per heavy atom. The van der Waals surface area contributed by atoms with Crippen LogP contribution >= 0.6 is 11.8 Å². The summed E-state index contributed by atoms with van der Waals surface area (Å²) < 4.78 is 20.8. The number of aromatic nitrogens is 2. The quantitative estimate of drug-likeness (QED) is 0.496. The third kappa shape index (κ3) is 4.62. The van der Waals surface area contributed by atoms with Gasteiger partial charge < -0.3 is 18.1 Å². The fourth-order valence-electron chi connectivity index (χ4n) is 2.91. The molecule has 0 spiro atoms. The molecule has 0 saturated heterocycles. The number of thioether (sulfide) groups is 1. The molecule has 0 radical (unpaired) electrons. The van der Waals surface area contributed by atoms with Crippen molar-refractivity contribution in [3.05, 3.63) is 60.0 Å². The maximum absolute atomic E-state index is 12.7. The smallest absolute Gasteiger partial charge is 0.316 e. The minimum Gasteiger partial charge on any atom is -0.467 e. The highest BCUT2D eigenvalue weighted by atomic mass is 32.2. The van der Waals surface area contributed by atoms with Gasteiger partial charge in [0.15, 0.2) is 12.4 Å². The summed E-state index contributed by atoms with van der Waals surface area (Å²) in [5.41, 5.74) is 0.618. The Hall–Kier alpha value is -3.34. The van der Waals surface area contributed by atoms with Crippen LogP contribution in [0.2, 0.25) is 0 Å². The standard InChI is InChI=1S/C19H18N4O6S/c1-12-20-17(22-29-12)10-30-11-19(25)28-9-18(24)23-14(16-5-3-7-27-16)8-13(21-23)15-4-2-6-26-15/h2-7,14H,8-11H2,1H3. The van der Waals surface area contributed by atoms with Gasteiger partial charge in [-0.05, 0) is 24.3 Å². The first-order valence-corrected chi connectivity index (χ1v) is 10.2. The van der Waals surface area contributed by atoms with E-state index in [0.29, 0.717) is 41.1 Å². The SMILES string of the molecule is Cc1nc(CSCC(=O)OCC(=O)N2N=C(c3ccco3)CC2c2ccco2)no1. The van der Waals surface area contributed by atoms with Crippen LogP contribution in [0.3, 0.4) is 0 Å². The minimum absolute atomic E-state index is 0.0589. The number of furan rings is 2. The average molecular weight is 430 g/mol. The van der Waals surface area contributed by atoms with E-state index in [1.165, 1.54) is 23.0 Å². The lowest BCUT2D eigenvalue weighted by Gasteiger charge is -2.19. The number of nitrogens with zero attached hydrogens (tertiary/aromatic N) is 4. The van der Waals surface area contributed by atoms with Gasteiger partial charge in [0.05, 0.1) is 24.0 Å². The molecule has 1 atom stereocenters. The van der Waals surface area contributed by atoms with E-state index in [0.717, 1.165) is 0 Å². The van der Waals surface area contributed by atoms with Crippen LogP contribution in [0.5, 0.6) is 0 Å². The van der Waals surface area contributed by atoms with Crippen LogP contribution in [0.1, 0.15) is 35.7 Å². The summed E-state index contributed by atoms with van der Waals surface area (Å²) in [5, 5.41) is 9.40. The Labute approximate surface area is 175 Å². The van der Waals surface area contributed by atoms with Gasteiger partial charge in [-0.25, -0.2) is 5.01 Å². The molecule has 1 amide bonds. The lowest BCUT2D eigenvalue weighted by molar-refractivity contribution is -0.150. The first kappa shape index (κ1) is 20.0. The van der Waals surface area contributed by atoms with Crippen molar-refractivity contribution in [3.8, 4) is 0 Å². The van der Waals surface area contributed by atoms with E-state index in [-0.39, 0.29) is 5.75 Å². The summed E-state index contributed by atoms with van der Waals surface area (Å²) in [7, 11) is 0. The lowest BCUT2D eigenvalue weighted by Crippen LogP contribution is -2.31. The molecule has 156 valence electrons. The summed E-state index contributed by atoms with van der Waals surface area (Å²) in [6.45, 7) is 1.27. The molecule has 0 fully saturated rings. The fourth-order valence-corrected chi connectivity index (χ4v) is 3.56. The molecule has 10 nitrogen and oxygen atoms in total. The van der Waals surface area contributed by atoms with E-state index in [9.17, 15) is 9.59 Å². The van der Waals surface area contributed by atoms with E-state index < -0.39 is 24.5 Å². The van der Waals surface area contributed by atoms with Crippen molar-refractivity contribution in [3.63, 3.8) is 0 Å². The number of esters is 1. The normalized spacial score (nSPS) is 16.0. The molecule has 0 bridgehead atoms. The van der Waals surface area contributed by atoms with Crippen LogP contribution in [0, 0.1) is 6.92 Å². The van der Waals surface area contributed by atoms with Gasteiger partial charge in [0.1, 0.15) is 23.3 Å². The summed E-state index contributed by atoms with van der Waals surface area (Å²) in [4.78, 5) is 28.7. The van der Waals surface area contributed by atoms with Gasteiger partial charge >= 0.3 is 5.97 Å². The summed E-state index contributed by atoms with van der Waals surface area (Å²) in [6.07, 6.45) is 3.51. The summed E-state index contributed by atoms with van der Waals surface area (Å²) in [5.74, 6) is 1.62. The molecule has 1 unspecified atom stereocenters. The van der Waals surface area contributed by atoms with Crippen molar-refractivity contribution in [1.82, 2.24) is 15.1 Å². The highest BCUT2D eigenvalue weighted by Gasteiger charge is 2.36. The molecule has 3 aromatic rings. The van der Waals surface area contributed by atoms with Gasteiger partial charge in [-0.15, -0.1) is 11.8 Å². The van der Waals surface area contributed by atoms with Crippen molar-refractivity contribution in [2.45, 2.75) is 25.1 Å². The van der Waals surface area contributed by atoms with Crippen LogP contribution in [0.15, 0.2) is 55.3 Å². The molecular weight excluding hydrogens is 412 g/mol. The third-order valence-electron chi connectivity index (χ3n) is 4.22. The zero-order valence-electron chi connectivity index (χ0n) is 16.0. The monoisotopic (exact) mass is 430 g/mol. The van der Waals surface area contributed by atoms with Crippen LogP contribution in [-0.4, -0.2) is 45.1 Å². The van der Waals surface area contributed by atoms with Gasteiger partial charge in [-0.2, -0.15) is 10.1 Å². The van der Waals surface area contributed by atoms with E-state index in [4.69, 9.17) is 18.1 Å². The molecule has 11 heteroatoms. The zero-order valence-corrected chi connectivity index (χ0v) is 16.8. The second kappa shape index (κ2) is 8.99. The molecule has 0 aliphatic carbocycles. The van der Waals surface area contributed by atoms with Crippen LogP contribution < -0.4 is 0 Å². The van der Waals surface area contributed by atoms with E-state index in [1.807, 2.05) is 0 Å². The predicted octanol–water partition coefficient (Wildman–Crippen LogP) is 2.72. The van der Waals surface area contributed by atoms with Gasteiger partial charge in [-0.1, -0.05) is 5.16 Å². The Balaban J connectivity index is 1.32. The van der Waals surface area contributed by atoms with Crippen molar-refractivity contribution in [2.75, 3.05) is 12.4 Å². The first-order chi connectivity index (χ1) is 14.6. The number of hydrogen-bond donors (Lipinski definition) is 0. The second-order valence-corrected chi connectivity index (χ2v) is 7.37. The number of amides is 1. The molecule has 4 rings (SSSR count). The van der Waals surface area contributed by atoms with Crippen LogP contribution in [0.25, 0.3) is 0 Å². The number of aryl methyl sites for hydroxylation is 1. The molecule has 0 N–H and O–H groups in total. The first-order valence-electron chi connectivity index (χ1n) is 9.09. The number of rotatable bonds is 8. The Morgan fingerprint density at radius 2 is 2.10 bits per heavy atom.